The number of ether oxygens (including phenoxy) is 1. The van der Waals surface area contributed by atoms with Crippen molar-refractivity contribution in [3.63, 3.8) is 0 Å². The van der Waals surface area contributed by atoms with Gasteiger partial charge in [-0.05, 0) is 37.3 Å². The molecule has 0 aliphatic heterocycles. The second kappa shape index (κ2) is 6.34. The maximum absolute atomic E-state index is 6.13. The molecule has 1 fully saturated rings. The Morgan fingerprint density at radius 2 is 2.35 bits per heavy atom. The number of pyridine rings is 1. The van der Waals surface area contributed by atoms with Crippen molar-refractivity contribution in [2.45, 2.75) is 38.3 Å². The number of hydrogen-bond donors (Lipinski definition) is 1. The topological polar surface area (TPSA) is 34.1 Å². The minimum absolute atomic E-state index is 0.705. The van der Waals surface area contributed by atoms with Crippen molar-refractivity contribution < 1.29 is 4.74 Å². The molecule has 1 aliphatic carbocycles. The second-order valence-electron chi connectivity index (χ2n) is 4.52. The Morgan fingerprint density at radius 1 is 1.53 bits per heavy atom. The highest BCUT2D eigenvalue weighted by molar-refractivity contribution is 6.31. The lowest BCUT2D eigenvalue weighted by molar-refractivity contribution is 0.195. The predicted octanol–water partition coefficient (Wildman–Crippen LogP) is 2.57. The summed E-state index contributed by atoms with van der Waals surface area (Å²) in [6.07, 6.45) is 6.29. The first-order valence-corrected chi connectivity index (χ1v) is 6.53. The van der Waals surface area contributed by atoms with Crippen LogP contribution in [-0.2, 0) is 17.7 Å². The Hall–Kier alpha value is -0.640. The van der Waals surface area contributed by atoms with Gasteiger partial charge in [0, 0.05) is 38.2 Å². The van der Waals surface area contributed by atoms with Gasteiger partial charge < -0.3 is 10.1 Å². The van der Waals surface area contributed by atoms with E-state index in [2.05, 4.69) is 16.4 Å². The molecule has 0 spiro atoms. The minimum atomic E-state index is 0.705. The van der Waals surface area contributed by atoms with E-state index in [1.165, 1.54) is 12.8 Å². The third-order valence-electron chi connectivity index (χ3n) is 2.93. The zero-order valence-corrected chi connectivity index (χ0v) is 11.0. The molecule has 1 aliphatic rings. The van der Waals surface area contributed by atoms with Crippen LogP contribution in [0.3, 0.4) is 0 Å². The number of aryl methyl sites for hydroxylation is 1. The summed E-state index contributed by atoms with van der Waals surface area (Å²) in [5, 5.41) is 4.23. The number of nitrogens with zero attached hydrogens (tertiary/aromatic N) is 1. The Morgan fingerprint density at radius 3 is 3.06 bits per heavy atom. The molecule has 1 N–H and O–H groups in total. The highest BCUT2D eigenvalue weighted by atomic mass is 35.5. The Kier molecular flexibility index (Phi) is 4.77. The quantitative estimate of drug-likeness (QED) is 0.760. The molecule has 0 saturated heterocycles. The second-order valence-corrected chi connectivity index (χ2v) is 4.93. The smallest absolute Gasteiger partial charge is 0.0634 e. The van der Waals surface area contributed by atoms with Gasteiger partial charge in [-0.3, -0.25) is 4.98 Å². The van der Waals surface area contributed by atoms with Crippen molar-refractivity contribution in [1.82, 2.24) is 10.3 Å². The molecule has 1 aromatic heterocycles. The van der Waals surface area contributed by atoms with Crippen molar-refractivity contribution in [1.29, 1.82) is 0 Å². The fourth-order valence-electron chi connectivity index (χ4n) is 1.74. The van der Waals surface area contributed by atoms with Gasteiger partial charge in [-0.2, -0.15) is 0 Å². The summed E-state index contributed by atoms with van der Waals surface area (Å²) < 4.78 is 5.04. The number of halogens is 1. The van der Waals surface area contributed by atoms with Crippen LogP contribution < -0.4 is 5.32 Å². The first-order chi connectivity index (χ1) is 8.29. The highest BCUT2D eigenvalue weighted by Gasteiger charge is 2.20. The lowest BCUT2D eigenvalue weighted by atomic mass is 10.1. The van der Waals surface area contributed by atoms with Gasteiger partial charge in [-0.25, -0.2) is 0 Å². The Balaban J connectivity index is 1.90. The van der Waals surface area contributed by atoms with E-state index in [1.54, 1.807) is 13.3 Å². The van der Waals surface area contributed by atoms with Crippen LogP contribution in [0.2, 0.25) is 5.02 Å². The van der Waals surface area contributed by atoms with Crippen molar-refractivity contribution in [3.8, 4) is 0 Å². The Bertz CT molecular complexity index is 366. The van der Waals surface area contributed by atoms with Crippen LogP contribution in [0.15, 0.2) is 12.3 Å². The van der Waals surface area contributed by atoms with Gasteiger partial charge >= 0.3 is 0 Å². The number of rotatable bonds is 7. The minimum Gasteiger partial charge on any atom is -0.385 e. The standard InChI is InChI=1S/C13H19ClN2O/c1-17-6-2-3-12-7-10(13(14)9-16-12)8-15-11-4-5-11/h7,9,11,15H,2-6,8H2,1H3. The molecular weight excluding hydrogens is 236 g/mol. The molecule has 94 valence electrons. The molecule has 1 saturated carbocycles. The van der Waals surface area contributed by atoms with Crippen molar-refractivity contribution in [2.24, 2.45) is 0 Å². The molecule has 1 heterocycles. The maximum atomic E-state index is 6.13. The van der Waals surface area contributed by atoms with Crippen molar-refractivity contribution in [3.05, 3.63) is 28.5 Å². The SMILES string of the molecule is COCCCc1cc(CNC2CC2)c(Cl)cn1. The monoisotopic (exact) mass is 254 g/mol. The zero-order chi connectivity index (χ0) is 12.1. The summed E-state index contributed by atoms with van der Waals surface area (Å²) in [6, 6.07) is 2.81. The molecule has 0 atom stereocenters. The largest absolute Gasteiger partial charge is 0.385 e. The molecule has 0 bridgehead atoms. The molecular formula is C13H19ClN2O. The van der Waals surface area contributed by atoms with E-state index in [0.717, 1.165) is 42.3 Å². The van der Waals surface area contributed by atoms with Crippen molar-refractivity contribution in [2.75, 3.05) is 13.7 Å². The molecule has 17 heavy (non-hydrogen) atoms. The van der Waals surface area contributed by atoms with Gasteiger partial charge in [0.05, 0.1) is 5.02 Å². The van der Waals surface area contributed by atoms with Crippen molar-refractivity contribution >= 4 is 11.6 Å². The van der Waals surface area contributed by atoms with E-state index in [4.69, 9.17) is 16.3 Å². The average molecular weight is 255 g/mol. The third kappa shape index (κ3) is 4.26. The molecule has 0 aromatic carbocycles. The van der Waals surface area contributed by atoms with E-state index < -0.39 is 0 Å². The fraction of sp³-hybridized carbons (Fsp3) is 0.615. The number of nitrogens with one attached hydrogen (secondary N) is 1. The lowest BCUT2D eigenvalue weighted by Gasteiger charge is -2.08. The third-order valence-corrected chi connectivity index (χ3v) is 3.27. The summed E-state index contributed by atoms with van der Waals surface area (Å²) in [6.45, 7) is 1.63. The molecule has 0 radical (unpaired) electrons. The summed E-state index contributed by atoms with van der Waals surface area (Å²) >= 11 is 6.13. The molecule has 3 nitrogen and oxygen atoms in total. The van der Waals surface area contributed by atoms with E-state index in [-0.39, 0.29) is 0 Å². The van der Waals surface area contributed by atoms with E-state index in [9.17, 15) is 0 Å². The summed E-state index contributed by atoms with van der Waals surface area (Å²) in [4.78, 5) is 4.34. The zero-order valence-electron chi connectivity index (χ0n) is 10.2. The van der Waals surface area contributed by atoms with E-state index in [0.29, 0.717) is 6.04 Å². The van der Waals surface area contributed by atoms with Crippen LogP contribution in [0, 0.1) is 0 Å². The highest BCUT2D eigenvalue weighted by Crippen LogP contribution is 2.21. The first-order valence-electron chi connectivity index (χ1n) is 6.15. The van der Waals surface area contributed by atoms with Gasteiger partial charge in [-0.1, -0.05) is 11.6 Å². The molecule has 0 amide bonds. The van der Waals surface area contributed by atoms with Gasteiger partial charge in [0.2, 0.25) is 0 Å². The normalized spacial score (nSPS) is 15.2. The molecule has 1 aromatic rings. The summed E-state index contributed by atoms with van der Waals surface area (Å²) in [5.41, 5.74) is 2.25. The van der Waals surface area contributed by atoms with E-state index in [1.807, 2.05) is 0 Å². The fourth-order valence-corrected chi connectivity index (χ4v) is 1.91. The summed E-state index contributed by atoms with van der Waals surface area (Å²) in [5.74, 6) is 0. The van der Waals surface area contributed by atoms with Crippen LogP contribution in [-0.4, -0.2) is 24.7 Å². The molecule has 4 heteroatoms. The number of methoxy groups -OCH3 is 1. The van der Waals surface area contributed by atoms with Gasteiger partial charge in [-0.15, -0.1) is 0 Å². The number of aromatic nitrogens is 1. The predicted molar refractivity (Wildman–Crippen MR) is 69.3 cm³/mol. The average Bonchev–Trinajstić information content (AvgIpc) is 3.14. The van der Waals surface area contributed by atoms with Crippen LogP contribution in [0.4, 0.5) is 0 Å². The van der Waals surface area contributed by atoms with Crippen LogP contribution in [0.5, 0.6) is 0 Å². The van der Waals surface area contributed by atoms with Crippen LogP contribution in [0.1, 0.15) is 30.5 Å². The van der Waals surface area contributed by atoms with Crippen LogP contribution in [0.25, 0.3) is 0 Å². The van der Waals surface area contributed by atoms with Gasteiger partial charge in [0.25, 0.3) is 0 Å². The summed E-state index contributed by atoms with van der Waals surface area (Å²) in [7, 11) is 1.72. The van der Waals surface area contributed by atoms with Crippen LogP contribution >= 0.6 is 11.6 Å². The molecule has 0 unspecified atom stereocenters. The Labute approximate surface area is 108 Å². The maximum Gasteiger partial charge on any atom is 0.0634 e. The van der Waals surface area contributed by atoms with Gasteiger partial charge in [0.1, 0.15) is 0 Å². The lowest BCUT2D eigenvalue weighted by Crippen LogP contribution is -2.16. The van der Waals surface area contributed by atoms with Gasteiger partial charge in [0.15, 0.2) is 0 Å². The number of hydrogen-bond acceptors (Lipinski definition) is 3. The first kappa shape index (κ1) is 12.8. The van der Waals surface area contributed by atoms with E-state index >= 15 is 0 Å². The molecule has 2 rings (SSSR count).